The molecule has 4 rings (SSSR count). The van der Waals surface area contributed by atoms with Crippen LogP contribution in [0.4, 0.5) is 0 Å². The van der Waals surface area contributed by atoms with Gasteiger partial charge in [0.2, 0.25) is 10.0 Å². The normalized spacial score (nSPS) is 16.5. The van der Waals surface area contributed by atoms with Crippen molar-refractivity contribution in [1.29, 1.82) is 0 Å². The van der Waals surface area contributed by atoms with E-state index in [1.807, 2.05) is 37.3 Å². The quantitative estimate of drug-likeness (QED) is 0.579. The van der Waals surface area contributed by atoms with E-state index in [0.29, 0.717) is 41.0 Å². The molecule has 0 amide bonds. The van der Waals surface area contributed by atoms with Crippen LogP contribution < -0.4 is 4.74 Å². The van der Waals surface area contributed by atoms with Gasteiger partial charge in [0.1, 0.15) is 11.6 Å². The van der Waals surface area contributed by atoms with E-state index in [1.54, 1.807) is 16.4 Å². The van der Waals surface area contributed by atoms with E-state index < -0.39 is 10.0 Å². The van der Waals surface area contributed by atoms with E-state index in [1.165, 1.54) is 11.3 Å². The summed E-state index contributed by atoms with van der Waals surface area (Å²) in [5.74, 6) is 0. The molecule has 148 valence electrons. The molecular weight excluding hydrogens is 416 g/mol. The smallest absolute Gasteiger partial charge is 0.274 e. The second kappa shape index (κ2) is 7.99. The molecule has 2 aromatic carbocycles. The second-order valence-electron chi connectivity index (χ2n) is 6.79. The molecule has 2 heterocycles. The number of rotatable bonds is 5. The highest BCUT2D eigenvalue weighted by molar-refractivity contribution is 7.89. The molecule has 0 aliphatic carbocycles. The van der Waals surface area contributed by atoms with Crippen molar-refractivity contribution < 1.29 is 13.2 Å². The average Bonchev–Trinajstić information content (AvgIpc) is 3.12. The van der Waals surface area contributed by atoms with Crippen LogP contribution in [0.15, 0.2) is 47.4 Å². The van der Waals surface area contributed by atoms with Gasteiger partial charge < -0.3 is 4.74 Å². The van der Waals surface area contributed by atoms with Crippen molar-refractivity contribution in [3.63, 3.8) is 0 Å². The number of benzene rings is 2. The molecular formula is C20H21ClN2O3S2. The number of aryl methyl sites for hydroxylation is 1. The van der Waals surface area contributed by atoms with E-state index in [-0.39, 0.29) is 6.10 Å². The first-order valence-electron chi connectivity index (χ1n) is 9.28. The molecule has 3 aromatic rings. The maximum Gasteiger partial charge on any atom is 0.274 e. The maximum atomic E-state index is 12.9. The summed E-state index contributed by atoms with van der Waals surface area (Å²) in [7, 11) is -3.46. The fraction of sp³-hybridized carbons (Fsp3) is 0.350. The minimum Gasteiger partial charge on any atom is -0.467 e. The van der Waals surface area contributed by atoms with Crippen LogP contribution in [-0.4, -0.2) is 36.9 Å². The van der Waals surface area contributed by atoms with Crippen LogP contribution in [0.3, 0.4) is 0 Å². The Morgan fingerprint density at radius 3 is 2.54 bits per heavy atom. The molecule has 28 heavy (non-hydrogen) atoms. The number of sulfonamides is 1. The van der Waals surface area contributed by atoms with E-state index in [2.05, 4.69) is 4.98 Å². The SMILES string of the molecule is CCc1ccc(S(=O)(=O)N2CCC(Oc3nc4c(Cl)cccc4s3)CC2)cc1. The molecule has 0 spiro atoms. The molecule has 1 aliphatic rings. The lowest BCUT2D eigenvalue weighted by atomic mass is 10.1. The highest BCUT2D eigenvalue weighted by Gasteiger charge is 2.30. The number of para-hydroxylation sites is 1. The summed E-state index contributed by atoms with van der Waals surface area (Å²) in [5, 5.41) is 1.19. The molecule has 1 saturated heterocycles. The second-order valence-corrected chi connectivity index (χ2v) is 10.1. The van der Waals surface area contributed by atoms with E-state index in [9.17, 15) is 8.42 Å². The van der Waals surface area contributed by atoms with Gasteiger partial charge in [-0.2, -0.15) is 4.31 Å². The van der Waals surface area contributed by atoms with Gasteiger partial charge in [0.05, 0.1) is 14.6 Å². The third-order valence-electron chi connectivity index (χ3n) is 4.99. The van der Waals surface area contributed by atoms with Crippen molar-refractivity contribution in [2.45, 2.75) is 37.2 Å². The van der Waals surface area contributed by atoms with Gasteiger partial charge in [-0.1, -0.05) is 48.1 Å². The summed E-state index contributed by atoms with van der Waals surface area (Å²) in [6, 6.07) is 12.8. The van der Waals surface area contributed by atoms with Gasteiger partial charge in [0, 0.05) is 13.1 Å². The minimum atomic E-state index is -3.46. The maximum absolute atomic E-state index is 12.9. The molecule has 0 bridgehead atoms. The third-order valence-corrected chi connectivity index (χ3v) is 8.12. The van der Waals surface area contributed by atoms with Crippen molar-refractivity contribution in [3.8, 4) is 5.19 Å². The summed E-state index contributed by atoms with van der Waals surface area (Å²) in [5.41, 5.74) is 1.88. The fourth-order valence-corrected chi connectivity index (χ4v) is 5.97. The lowest BCUT2D eigenvalue weighted by Crippen LogP contribution is -2.41. The highest BCUT2D eigenvalue weighted by Crippen LogP contribution is 2.33. The number of piperidine rings is 1. The van der Waals surface area contributed by atoms with Crippen LogP contribution in [0.5, 0.6) is 5.19 Å². The Hall–Kier alpha value is -1.67. The summed E-state index contributed by atoms with van der Waals surface area (Å²) in [6.45, 7) is 2.93. The molecule has 0 radical (unpaired) electrons. The number of hydrogen-bond acceptors (Lipinski definition) is 5. The molecule has 0 atom stereocenters. The van der Waals surface area contributed by atoms with Crippen LogP contribution in [0.2, 0.25) is 5.02 Å². The van der Waals surface area contributed by atoms with Gasteiger partial charge in [-0.05, 0) is 49.1 Å². The number of nitrogens with zero attached hydrogens (tertiary/aromatic N) is 2. The van der Waals surface area contributed by atoms with Crippen molar-refractivity contribution in [3.05, 3.63) is 53.1 Å². The van der Waals surface area contributed by atoms with E-state index in [4.69, 9.17) is 16.3 Å². The average molecular weight is 437 g/mol. The van der Waals surface area contributed by atoms with Crippen LogP contribution >= 0.6 is 22.9 Å². The third kappa shape index (κ3) is 3.89. The summed E-state index contributed by atoms with van der Waals surface area (Å²) in [4.78, 5) is 4.82. The zero-order valence-electron chi connectivity index (χ0n) is 15.5. The van der Waals surface area contributed by atoms with Gasteiger partial charge in [-0.15, -0.1) is 0 Å². The van der Waals surface area contributed by atoms with Crippen LogP contribution in [0, 0.1) is 0 Å². The minimum absolute atomic E-state index is 0.0479. The predicted octanol–water partition coefficient (Wildman–Crippen LogP) is 4.74. The van der Waals surface area contributed by atoms with E-state index in [0.717, 1.165) is 22.2 Å². The standard InChI is InChI=1S/C20H21ClN2O3S2/c1-2-14-6-8-16(9-7-14)28(24,25)23-12-10-15(11-13-23)26-20-22-19-17(21)4-3-5-18(19)27-20/h3-9,15H,2,10-13H2,1H3. The number of fused-ring (bicyclic) bond motifs is 1. The molecule has 1 fully saturated rings. The Bertz CT molecular complexity index is 1070. The van der Waals surface area contributed by atoms with Crippen LogP contribution in [0.1, 0.15) is 25.3 Å². The zero-order chi connectivity index (χ0) is 19.7. The molecule has 0 saturated carbocycles. The Labute approximate surface area is 174 Å². The zero-order valence-corrected chi connectivity index (χ0v) is 17.9. The highest BCUT2D eigenvalue weighted by atomic mass is 35.5. The molecule has 0 unspecified atom stereocenters. The Morgan fingerprint density at radius 2 is 1.89 bits per heavy atom. The van der Waals surface area contributed by atoms with E-state index >= 15 is 0 Å². The Balaban J connectivity index is 1.41. The first-order valence-corrected chi connectivity index (χ1v) is 11.9. The largest absolute Gasteiger partial charge is 0.467 e. The van der Waals surface area contributed by atoms with Gasteiger partial charge in [0.15, 0.2) is 0 Å². The van der Waals surface area contributed by atoms with Gasteiger partial charge in [0.25, 0.3) is 5.19 Å². The first-order chi connectivity index (χ1) is 13.5. The van der Waals surface area contributed by atoms with Gasteiger partial charge >= 0.3 is 0 Å². The molecule has 1 aliphatic heterocycles. The van der Waals surface area contributed by atoms with Crippen molar-refractivity contribution in [2.24, 2.45) is 0 Å². The molecule has 5 nitrogen and oxygen atoms in total. The van der Waals surface area contributed by atoms with Crippen LogP contribution in [-0.2, 0) is 16.4 Å². The van der Waals surface area contributed by atoms with Crippen LogP contribution in [0.25, 0.3) is 10.2 Å². The topological polar surface area (TPSA) is 59.5 Å². The van der Waals surface area contributed by atoms with Crippen molar-refractivity contribution in [1.82, 2.24) is 9.29 Å². The summed E-state index contributed by atoms with van der Waals surface area (Å²) >= 11 is 7.64. The Kier molecular flexibility index (Phi) is 5.60. The van der Waals surface area contributed by atoms with Gasteiger partial charge in [-0.25, -0.2) is 13.4 Å². The van der Waals surface area contributed by atoms with Crippen molar-refractivity contribution >= 4 is 43.2 Å². The lowest BCUT2D eigenvalue weighted by molar-refractivity contribution is 0.135. The number of hydrogen-bond donors (Lipinski definition) is 0. The number of ether oxygens (including phenoxy) is 1. The molecule has 8 heteroatoms. The number of halogens is 1. The Morgan fingerprint density at radius 1 is 1.18 bits per heavy atom. The lowest BCUT2D eigenvalue weighted by Gasteiger charge is -2.30. The molecule has 0 N–H and O–H groups in total. The van der Waals surface area contributed by atoms with Gasteiger partial charge in [-0.3, -0.25) is 0 Å². The molecule has 1 aromatic heterocycles. The monoisotopic (exact) mass is 436 g/mol. The first kappa shape index (κ1) is 19.6. The predicted molar refractivity (Wildman–Crippen MR) is 113 cm³/mol. The summed E-state index contributed by atoms with van der Waals surface area (Å²) < 4.78 is 34.3. The summed E-state index contributed by atoms with van der Waals surface area (Å²) in [6.07, 6.45) is 2.11. The fourth-order valence-electron chi connectivity index (χ4n) is 3.32. The number of thiazole rings is 1. The van der Waals surface area contributed by atoms with Crippen molar-refractivity contribution in [2.75, 3.05) is 13.1 Å². The number of aromatic nitrogens is 1.